The summed E-state index contributed by atoms with van der Waals surface area (Å²) in [5, 5.41) is 17.8. The van der Waals surface area contributed by atoms with Crippen LogP contribution in [0.1, 0.15) is 48.2 Å². The molecule has 0 saturated heterocycles. The second kappa shape index (κ2) is 10.9. The number of carbonyl (C=O) groups is 2. The van der Waals surface area contributed by atoms with Crippen molar-refractivity contribution in [2.45, 2.75) is 38.4 Å². The van der Waals surface area contributed by atoms with Crippen molar-refractivity contribution in [2.75, 3.05) is 11.1 Å². The molecule has 8 nitrogen and oxygen atoms in total. The van der Waals surface area contributed by atoms with E-state index in [2.05, 4.69) is 39.7 Å². The van der Waals surface area contributed by atoms with Crippen molar-refractivity contribution in [3.8, 4) is 0 Å². The molecule has 11 heteroatoms. The van der Waals surface area contributed by atoms with Crippen LogP contribution in [0, 0.1) is 12.8 Å². The predicted molar refractivity (Wildman–Crippen MR) is 128 cm³/mol. The van der Waals surface area contributed by atoms with Crippen LogP contribution in [0.15, 0.2) is 34.8 Å². The molecular formula is C21H25ClN6O2S2. The third-order valence-corrected chi connectivity index (χ3v) is 6.73. The quantitative estimate of drug-likeness (QED) is 0.427. The zero-order valence-corrected chi connectivity index (χ0v) is 20.6. The summed E-state index contributed by atoms with van der Waals surface area (Å²) < 4.78 is 1.81. The van der Waals surface area contributed by atoms with E-state index in [1.54, 1.807) is 24.3 Å². The van der Waals surface area contributed by atoms with Gasteiger partial charge in [0.05, 0.1) is 28.1 Å². The molecule has 0 spiro atoms. The topological polar surface area (TPSA) is 102 Å². The Hall–Kier alpha value is -2.43. The van der Waals surface area contributed by atoms with Crippen LogP contribution in [0.5, 0.6) is 0 Å². The first-order valence-electron chi connectivity index (χ1n) is 10.0. The molecule has 2 N–H and O–H groups in total. The number of carbonyl (C=O) groups excluding carboxylic acids is 2. The van der Waals surface area contributed by atoms with Crippen molar-refractivity contribution >= 4 is 51.6 Å². The van der Waals surface area contributed by atoms with Gasteiger partial charge < -0.3 is 15.2 Å². The molecule has 32 heavy (non-hydrogen) atoms. The Kier molecular flexibility index (Phi) is 8.27. The molecule has 2 heterocycles. The average Bonchev–Trinajstić information content (AvgIpc) is 3.30. The van der Waals surface area contributed by atoms with E-state index < -0.39 is 0 Å². The van der Waals surface area contributed by atoms with Crippen LogP contribution in [-0.4, -0.2) is 37.3 Å². The molecule has 0 unspecified atom stereocenters. The highest BCUT2D eigenvalue weighted by molar-refractivity contribution is 7.99. The highest BCUT2D eigenvalue weighted by atomic mass is 35.5. The Bertz CT molecular complexity index is 1100. The molecule has 170 valence electrons. The molecule has 2 aromatic heterocycles. The Morgan fingerprint density at radius 1 is 1.25 bits per heavy atom. The minimum absolute atomic E-state index is 0.167. The number of benzene rings is 1. The number of thiazole rings is 1. The molecule has 0 aliphatic carbocycles. The van der Waals surface area contributed by atoms with Gasteiger partial charge in [0, 0.05) is 12.4 Å². The highest BCUT2D eigenvalue weighted by Gasteiger charge is 2.24. The average molecular weight is 493 g/mol. The van der Waals surface area contributed by atoms with Crippen LogP contribution >= 0.6 is 34.7 Å². The Morgan fingerprint density at radius 3 is 2.66 bits per heavy atom. The summed E-state index contributed by atoms with van der Waals surface area (Å²) in [4.78, 5) is 29.3. The van der Waals surface area contributed by atoms with Gasteiger partial charge in [-0.2, -0.15) is 0 Å². The second-order valence-corrected chi connectivity index (χ2v) is 9.87. The number of nitrogens with one attached hydrogen (secondary N) is 2. The molecule has 0 aliphatic rings. The van der Waals surface area contributed by atoms with Gasteiger partial charge in [0.2, 0.25) is 5.91 Å². The van der Waals surface area contributed by atoms with E-state index in [1.807, 2.05) is 23.9 Å². The molecule has 0 radical (unpaired) electrons. The highest BCUT2D eigenvalue weighted by Crippen LogP contribution is 2.25. The largest absolute Gasteiger partial charge is 0.342 e. The van der Waals surface area contributed by atoms with E-state index in [-0.39, 0.29) is 23.6 Å². The minimum atomic E-state index is -0.349. The molecule has 0 aliphatic heterocycles. The maximum Gasteiger partial charge on any atom is 0.253 e. The van der Waals surface area contributed by atoms with E-state index in [1.165, 1.54) is 23.1 Å². The van der Waals surface area contributed by atoms with E-state index in [4.69, 9.17) is 11.6 Å². The van der Waals surface area contributed by atoms with E-state index in [0.717, 1.165) is 5.69 Å². The van der Waals surface area contributed by atoms with E-state index in [9.17, 15) is 9.59 Å². The number of aryl methyl sites for hydroxylation is 1. The summed E-state index contributed by atoms with van der Waals surface area (Å²) in [5.41, 5.74) is 1.28. The van der Waals surface area contributed by atoms with Crippen LogP contribution in [0.2, 0.25) is 5.02 Å². The first-order chi connectivity index (χ1) is 15.2. The molecule has 0 bridgehead atoms. The van der Waals surface area contributed by atoms with Gasteiger partial charge in [0.25, 0.3) is 5.91 Å². The van der Waals surface area contributed by atoms with Crippen molar-refractivity contribution in [3.63, 3.8) is 0 Å². The lowest BCUT2D eigenvalue weighted by Gasteiger charge is -2.20. The smallest absolute Gasteiger partial charge is 0.253 e. The summed E-state index contributed by atoms with van der Waals surface area (Å²) in [6, 6.07) is 6.57. The lowest BCUT2D eigenvalue weighted by molar-refractivity contribution is -0.113. The summed E-state index contributed by atoms with van der Waals surface area (Å²) in [5.74, 6) is 0.673. The molecule has 2 amide bonds. The van der Waals surface area contributed by atoms with Crippen LogP contribution in [0.3, 0.4) is 0 Å². The Labute approximate surface area is 200 Å². The first-order valence-corrected chi connectivity index (χ1v) is 12.3. The normalized spacial score (nSPS) is 12.1. The van der Waals surface area contributed by atoms with Crippen LogP contribution in [-0.2, 0) is 11.8 Å². The van der Waals surface area contributed by atoms with Gasteiger partial charge in [-0.05, 0) is 31.4 Å². The number of rotatable bonds is 9. The molecule has 1 aromatic carbocycles. The first kappa shape index (κ1) is 24.2. The third-order valence-electron chi connectivity index (χ3n) is 4.51. The summed E-state index contributed by atoms with van der Waals surface area (Å²) >= 11 is 8.84. The van der Waals surface area contributed by atoms with Crippen molar-refractivity contribution in [3.05, 3.63) is 51.7 Å². The van der Waals surface area contributed by atoms with Crippen LogP contribution in [0.25, 0.3) is 0 Å². The summed E-state index contributed by atoms with van der Waals surface area (Å²) in [6.07, 6.45) is 0.677. The van der Waals surface area contributed by atoms with Crippen molar-refractivity contribution in [1.82, 2.24) is 25.1 Å². The van der Waals surface area contributed by atoms with Gasteiger partial charge in [0.15, 0.2) is 16.1 Å². The van der Waals surface area contributed by atoms with Crippen LogP contribution in [0.4, 0.5) is 5.13 Å². The van der Waals surface area contributed by atoms with Crippen molar-refractivity contribution in [1.29, 1.82) is 0 Å². The van der Waals surface area contributed by atoms with Gasteiger partial charge in [0.1, 0.15) is 0 Å². The number of hydrogen-bond acceptors (Lipinski definition) is 7. The number of anilines is 1. The maximum absolute atomic E-state index is 12.8. The number of amides is 2. The summed E-state index contributed by atoms with van der Waals surface area (Å²) in [7, 11) is 1.83. The standard InChI is InChI=1S/C21H25ClN6O2S2/c1-12(2)9-16(24-19(30)14-7-5-6-8-15(14)22)18-26-27-21(28(18)4)32-11-17(29)25-20-23-13(3)10-31-20/h5-8,10,12,16H,9,11H2,1-4H3,(H,24,30)(H,23,25,29)/t16-/m1/s1. The SMILES string of the molecule is Cc1csc(NC(=O)CSc2nnc([C@@H](CC(C)C)NC(=O)c3ccccc3Cl)n2C)n1. The van der Waals surface area contributed by atoms with Crippen molar-refractivity contribution in [2.24, 2.45) is 13.0 Å². The maximum atomic E-state index is 12.8. The molecule has 1 atom stereocenters. The molecule has 3 rings (SSSR count). The van der Waals surface area contributed by atoms with E-state index >= 15 is 0 Å². The van der Waals surface area contributed by atoms with Gasteiger partial charge in [-0.3, -0.25) is 9.59 Å². The lowest BCUT2D eigenvalue weighted by Crippen LogP contribution is -2.31. The molecule has 3 aromatic rings. The number of halogens is 1. The number of hydrogen-bond donors (Lipinski definition) is 2. The van der Waals surface area contributed by atoms with Crippen LogP contribution < -0.4 is 10.6 Å². The summed E-state index contributed by atoms with van der Waals surface area (Å²) in [6.45, 7) is 6.02. The fourth-order valence-corrected chi connectivity index (χ4v) is 4.68. The lowest BCUT2D eigenvalue weighted by atomic mass is 10.0. The fraction of sp³-hybridized carbons (Fsp3) is 0.381. The van der Waals surface area contributed by atoms with Gasteiger partial charge in [-0.1, -0.05) is 49.3 Å². The third kappa shape index (κ3) is 6.30. The monoisotopic (exact) mass is 492 g/mol. The van der Waals surface area contributed by atoms with Crippen molar-refractivity contribution < 1.29 is 9.59 Å². The number of thioether (sulfide) groups is 1. The van der Waals surface area contributed by atoms with Gasteiger partial charge >= 0.3 is 0 Å². The zero-order valence-electron chi connectivity index (χ0n) is 18.3. The predicted octanol–water partition coefficient (Wildman–Crippen LogP) is 4.48. The fourth-order valence-electron chi connectivity index (χ4n) is 3.03. The second-order valence-electron chi connectivity index (χ2n) is 7.67. The molecule has 0 fully saturated rings. The number of nitrogens with zero attached hydrogens (tertiary/aromatic N) is 4. The Morgan fingerprint density at radius 2 is 2.00 bits per heavy atom. The Balaban J connectivity index is 1.69. The molecule has 0 saturated carbocycles. The minimum Gasteiger partial charge on any atom is -0.342 e. The number of aromatic nitrogens is 4. The molecular weight excluding hydrogens is 468 g/mol. The zero-order chi connectivity index (χ0) is 23.3. The van der Waals surface area contributed by atoms with E-state index in [0.29, 0.717) is 39.0 Å². The van der Waals surface area contributed by atoms with Gasteiger partial charge in [-0.15, -0.1) is 21.5 Å². The van der Waals surface area contributed by atoms with Gasteiger partial charge in [-0.25, -0.2) is 4.98 Å².